The summed E-state index contributed by atoms with van der Waals surface area (Å²) in [5, 5.41) is 16.3. The lowest BCUT2D eigenvalue weighted by Gasteiger charge is -2.06. The molecule has 0 spiro atoms. The van der Waals surface area contributed by atoms with Crippen LogP contribution in [0.15, 0.2) is 30.9 Å². The molecule has 1 aromatic carbocycles. The van der Waals surface area contributed by atoms with E-state index in [9.17, 15) is 0 Å². The van der Waals surface area contributed by atoms with Gasteiger partial charge in [0.05, 0.1) is 18.4 Å². The highest BCUT2D eigenvalue weighted by molar-refractivity contribution is 5.52. The van der Waals surface area contributed by atoms with Crippen LogP contribution in [0.3, 0.4) is 0 Å². The van der Waals surface area contributed by atoms with Crippen molar-refractivity contribution in [1.82, 2.24) is 14.8 Å². The fourth-order valence-electron chi connectivity index (χ4n) is 1.27. The van der Waals surface area contributed by atoms with Crippen molar-refractivity contribution in [3.05, 3.63) is 36.4 Å². The lowest BCUT2D eigenvalue weighted by molar-refractivity contribution is 0.414. The Labute approximate surface area is 86.6 Å². The molecule has 0 saturated heterocycles. The molecule has 0 aliphatic carbocycles. The summed E-state index contributed by atoms with van der Waals surface area (Å²) in [6.45, 7) is 0. The van der Waals surface area contributed by atoms with Gasteiger partial charge in [-0.2, -0.15) is 5.26 Å². The fraction of sp³-hybridized carbons (Fsp3) is 0.100. The van der Waals surface area contributed by atoms with Crippen LogP contribution in [0.25, 0.3) is 5.69 Å². The van der Waals surface area contributed by atoms with Gasteiger partial charge in [-0.1, -0.05) is 0 Å². The zero-order valence-corrected chi connectivity index (χ0v) is 8.08. The number of hydrogen-bond acceptors (Lipinski definition) is 4. The third-order valence-electron chi connectivity index (χ3n) is 2.02. The van der Waals surface area contributed by atoms with E-state index in [1.54, 1.807) is 29.9 Å². The minimum absolute atomic E-state index is 0.551. The van der Waals surface area contributed by atoms with E-state index in [1.807, 2.05) is 0 Å². The Hall–Kier alpha value is -2.35. The van der Waals surface area contributed by atoms with Crippen molar-refractivity contribution in [3.8, 4) is 17.5 Å². The maximum Gasteiger partial charge on any atom is 0.123 e. The Morgan fingerprint density at radius 1 is 1.33 bits per heavy atom. The molecular weight excluding hydrogens is 192 g/mol. The first kappa shape index (κ1) is 9.21. The van der Waals surface area contributed by atoms with Crippen LogP contribution in [0, 0.1) is 11.3 Å². The summed E-state index contributed by atoms with van der Waals surface area (Å²) in [5.74, 6) is 0.692. The highest BCUT2D eigenvalue weighted by Gasteiger charge is 2.05. The van der Waals surface area contributed by atoms with Gasteiger partial charge in [0.25, 0.3) is 0 Å². The summed E-state index contributed by atoms with van der Waals surface area (Å²) >= 11 is 0. The molecule has 0 atom stereocenters. The Kier molecular flexibility index (Phi) is 2.33. The number of hydrogen-bond donors (Lipinski definition) is 0. The molecule has 0 N–H and O–H groups in total. The van der Waals surface area contributed by atoms with Gasteiger partial charge in [-0.15, -0.1) is 10.2 Å². The fourth-order valence-corrected chi connectivity index (χ4v) is 1.27. The molecule has 0 unspecified atom stereocenters. The second kappa shape index (κ2) is 3.80. The van der Waals surface area contributed by atoms with Crippen LogP contribution in [-0.2, 0) is 0 Å². The van der Waals surface area contributed by atoms with Crippen molar-refractivity contribution < 1.29 is 4.74 Å². The second-order valence-corrected chi connectivity index (χ2v) is 2.86. The standard InChI is InChI=1S/C10H8N4O/c1-15-9-3-2-8(5-11)10(4-9)14-6-12-13-7-14/h2-4,6-7H,1H3. The van der Waals surface area contributed by atoms with Gasteiger partial charge in [-0.05, 0) is 12.1 Å². The maximum atomic E-state index is 8.94. The van der Waals surface area contributed by atoms with Crippen molar-refractivity contribution >= 4 is 0 Å². The monoisotopic (exact) mass is 200 g/mol. The van der Waals surface area contributed by atoms with Crippen LogP contribution in [0.2, 0.25) is 0 Å². The molecule has 15 heavy (non-hydrogen) atoms. The van der Waals surface area contributed by atoms with Crippen LogP contribution in [0.4, 0.5) is 0 Å². The Balaban J connectivity index is 2.58. The van der Waals surface area contributed by atoms with E-state index in [1.165, 1.54) is 12.7 Å². The normalized spacial score (nSPS) is 9.60. The highest BCUT2D eigenvalue weighted by Crippen LogP contribution is 2.20. The number of nitriles is 1. The Morgan fingerprint density at radius 2 is 2.07 bits per heavy atom. The van der Waals surface area contributed by atoms with E-state index in [0.717, 1.165) is 0 Å². The molecule has 0 radical (unpaired) electrons. The molecule has 2 rings (SSSR count). The Bertz CT molecular complexity index is 499. The molecule has 74 valence electrons. The number of rotatable bonds is 2. The predicted molar refractivity (Wildman–Crippen MR) is 52.6 cm³/mol. The predicted octanol–water partition coefficient (Wildman–Crippen LogP) is 1.15. The first-order chi connectivity index (χ1) is 7.35. The van der Waals surface area contributed by atoms with E-state index in [-0.39, 0.29) is 0 Å². The average molecular weight is 200 g/mol. The molecule has 0 bridgehead atoms. The van der Waals surface area contributed by atoms with Crippen LogP contribution < -0.4 is 4.74 Å². The molecule has 5 heteroatoms. The SMILES string of the molecule is COc1ccc(C#N)c(-n2cnnc2)c1. The summed E-state index contributed by atoms with van der Waals surface area (Å²) in [6.07, 6.45) is 3.07. The van der Waals surface area contributed by atoms with Crippen LogP contribution in [-0.4, -0.2) is 21.9 Å². The quantitative estimate of drug-likeness (QED) is 0.729. The van der Waals surface area contributed by atoms with E-state index in [2.05, 4.69) is 16.3 Å². The molecule has 0 fully saturated rings. The molecule has 0 amide bonds. The van der Waals surface area contributed by atoms with Crippen molar-refractivity contribution in [2.45, 2.75) is 0 Å². The minimum atomic E-state index is 0.551. The maximum absolute atomic E-state index is 8.94. The molecular formula is C10H8N4O. The minimum Gasteiger partial charge on any atom is -0.497 e. The first-order valence-electron chi connectivity index (χ1n) is 4.28. The number of aromatic nitrogens is 3. The third-order valence-corrected chi connectivity index (χ3v) is 2.02. The number of ether oxygens (including phenoxy) is 1. The van der Waals surface area contributed by atoms with E-state index >= 15 is 0 Å². The van der Waals surface area contributed by atoms with Gasteiger partial charge in [0, 0.05) is 6.07 Å². The van der Waals surface area contributed by atoms with E-state index in [0.29, 0.717) is 17.0 Å². The lowest BCUT2D eigenvalue weighted by atomic mass is 10.2. The summed E-state index contributed by atoms with van der Waals surface area (Å²) in [4.78, 5) is 0. The van der Waals surface area contributed by atoms with Crippen LogP contribution in [0.5, 0.6) is 5.75 Å². The Morgan fingerprint density at radius 3 is 2.67 bits per heavy atom. The summed E-state index contributed by atoms with van der Waals surface area (Å²) in [5.41, 5.74) is 1.26. The molecule has 0 aliphatic rings. The van der Waals surface area contributed by atoms with Gasteiger partial charge < -0.3 is 4.74 Å². The van der Waals surface area contributed by atoms with Crippen molar-refractivity contribution in [3.63, 3.8) is 0 Å². The van der Waals surface area contributed by atoms with Gasteiger partial charge in [0.15, 0.2) is 0 Å². The van der Waals surface area contributed by atoms with Crippen molar-refractivity contribution in [2.75, 3.05) is 7.11 Å². The average Bonchev–Trinajstić information content (AvgIpc) is 2.81. The van der Waals surface area contributed by atoms with Crippen LogP contribution in [0.1, 0.15) is 5.56 Å². The van der Waals surface area contributed by atoms with Crippen LogP contribution >= 0.6 is 0 Å². The largest absolute Gasteiger partial charge is 0.497 e. The number of methoxy groups -OCH3 is 1. The first-order valence-corrected chi connectivity index (χ1v) is 4.28. The molecule has 0 aliphatic heterocycles. The smallest absolute Gasteiger partial charge is 0.123 e. The molecule has 1 heterocycles. The lowest BCUT2D eigenvalue weighted by Crippen LogP contribution is -1.95. The molecule has 5 nitrogen and oxygen atoms in total. The van der Waals surface area contributed by atoms with E-state index in [4.69, 9.17) is 10.00 Å². The second-order valence-electron chi connectivity index (χ2n) is 2.86. The van der Waals surface area contributed by atoms with E-state index < -0.39 is 0 Å². The summed E-state index contributed by atoms with van der Waals surface area (Å²) in [6, 6.07) is 7.31. The highest BCUT2D eigenvalue weighted by atomic mass is 16.5. The zero-order chi connectivity index (χ0) is 10.7. The van der Waals surface area contributed by atoms with Gasteiger partial charge >= 0.3 is 0 Å². The third kappa shape index (κ3) is 1.65. The molecule has 1 aromatic heterocycles. The summed E-state index contributed by atoms with van der Waals surface area (Å²) < 4.78 is 6.76. The molecule has 0 saturated carbocycles. The number of benzene rings is 1. The van der Waals surface area contributed by atoms with Crippen molar-refractivity contribution in [1.29, 1.82) is 5.26 Å². The van der Waals surface area contributed by atoms with Gasteiger partial charge in [-0.3, -0.25) is 4.57 Å². The molecule has 2 aromatic rings. The number of nitrogens with zero attached hydrogens (tertiary/aromatic N) is 4. The topological polar surface area (TPSA) is 63.7 Å². The van der Waals surface area contributed by atoms with Gasteiger partial charge in [0.1, 0.15) is 24.5 Å². The van der Waals surface area contributed by atoms with Crippen molar-refractivity contribution in [2.24, 2.45) is 0 Å². The van der Waals surface area contributed by atoms with Gasteiger partial charge in [-0.25, -0.2) is 0 Å². The summed E-state index contributed by atoms with van der Waals surface area (Å²) in [7, 11) is 1.58. The van der Waals surface area contributed by atoms with Gasteiger partial charge in [0.2, 0.25) is 0 Å². The zero-order valence-electron chi connectivity index (χ0n) is 8.08.